The third-order valence-corrected chi connectivity index (χ3v) is 5.96. The van der Waals surface area contributed by atoms with E-state index < -0.39 is 0 Å². The Bertz CT molecular complexity index is 579. The van der Waals surface area contributed by atoms with Gasteiger partial charge in [0.25, 0.3) is 0 Å². The van der Waals surface area contributed by atoms with Gasteiger partial charge in [-0.3, -0.25) is 19.5 Å². The molecule has 7 nitrogen and oxygen atoms in total. The van der Waals surface area contributed by atoms with Crippen molar-refractivity contribution in [3.8, 4) is 0 Å². The Kier molecular flexibility index (Phi) is 8.08. The monoisotopic (exact) mass is 489 g/mol. The van der Waals surface area contributed by atoms with Gasteiger partial charge in [-0.2, -0.15) is 0 Å². The molecule has 3 aliphatic rings. The maximum atomic E-state index is 12.6. The number of hydrogen-bond donors (Lipinski definition) is 2. The smallest absolute Gasteiger partial charge is 0.233 e. The Morgan fingerprint density at radius 3 is 2.33 bits per heavy atom. The van der Waals surface area contributed by atoms with Crippen LogP contribution in [0.4, 0.5) is 0 Å². The van der Waals surface area contributed by atoms with Crippen molar-refractivity contribution >= 4 is 41.8 Å². The zero-order chi connectivity index (χ0) is 18.7. The number of carbonyl (C=O) groups excluding carboxylic acids is 2. The molecule has 27 heavy (non-hydrogen) atoms. The summed E-state index contributed by atoms with van der Waals surface area (Å²) in [6, 6.07) is 0. The van der Waals surface area contributed by atoms with Crippen LogP contribution in [0.3, 0.4) is 0 Å². The number of fused-ring (bicyclic) bond motifs is 5. The van der Waals surface area contributed by atoms with E-state index in [4.69, 9.17) is 0 Å². The lowest BCUT2D eigenvalue weighted by Gasteiger charge is -2.18. The van der Waals surface area contributed by atoms with Crippen LogP contribution in [0.15, 0.2) is 17.1 Å². The highest BCUT2D eigenvalue weighted by molar-refractivity contribution is 14.0. The number of halogens is 1. The summed E-state index contributed by atoms with van der Waals surface area (Å²) in [7, 11) is 3.83. The molecule has 2 bridgehead atoms. The molecule has 2 aliphatic carbocycles. The summed E-state index contributed by atoms with van der Waals surface area (Å²) in [5.74, 6) is 1.24. The van der Waals surface area contributed by atoms with Gasteiger partial charge in [0, 0.05) is 33.2 Å². The van der Waals surface area contributed by atoms with Gasteiger partial charge in [0.2, 0.25) is 11.8 Å². The van der Waals surface area contributed by atoms with Gasteiger partial charge in [-0.25, -0.2) is 0 Å². The summed E-state index contributed by atoms with van der Waals surface area (Å²) >= 11 is 0. The number of carbonyl (C=O) groups is 2. The van der Waals surface area contributed by atoms with E-state index in [-0.39, 0.29) is 59.5 Å². The lowest BCUT2D eigenvalue weighted by Crippen LogP contribution is -2.42. The van der Waals surface area contributed by atoms with Crippen molar-refractivity contribution in [2.45, 2.75) is 19.8 Å². The van der Waals surface area contributed by atoms with Crippen LogP contribution >= 0.6 is 24.0 Å². The summed E-state index contributed by atoms with van der Waals surface area (Å²) in [6.45, 7) is 6.10. The van der Waals surface area contributed by atoms with Crippen molar-refractivity contribution in [3.63, 3.8) is 0 Å². The quantitative estimate of drug-likeness (QED) is 0.133. The molecule has 0 aromatic heterocycles. The first-order valence-electron chi connectivity index (χ1n) is 9.73. The van der Waals surface area contributed by atoms with E-state index >= 15 is 0 Å². The Morgan fingerprint density at radius 2 is 1.78 bits per heavy atom. The molecule has 8 heteroatoms. The minimum absolute atomic E-state index is 0. The zero-order valence-corrected chi connectivity index (χ0v) is 18.8. The molecule has 0 spiro atoms. The number of imide groups is 1. The van der Waals surface area contributed by atoms with Crippen LogP contribution in [-0.2, 0) is 9.59 Å². The van der Waals surface area contributed by atoms with Crippen molar-refractivity contribution in [1.82, 2.24) is 20.4 Å². The van der Waals surface area contributed by atoms with Crippen LogP contribution in [0, 0.1) is 23.7 Å². The van der Waals surface area contributed by atoms with Crippen LogP contribution in [0.25, 0.3) is 0 Å². The predicted molar refractivity (Wildman–Crippen MR) is 117 cm³/mol. The number of nitrogens with one attached hydrogen (secondary N) is 2. The highest BCUT2D eigenvalue weighted by Crippen LogP contribution is 2.52. The number of rotatable bonds is 8. The molecule has 4 unspecified atom stereocenters. The molecule has 2 N–H and O–H groups in total. The average Bonchev–Trinajstić information content (AvgIpc) is 3.32. The minimum atomic E-state index is -0.0875. The van der Waals surface area contributed by atoms with Crippen molar-refractivity contribution in [2.75, 3.05) is 46.8 Å². The Morgan fingerprint density at radius 1 is 1.19 bits per heavy atom. The van der Waals surface area contributed by atoms with E-state index in [2.05, 4.69) is 46.6 Å². The number of likely N-dealkylation sites (N-methyl/N-ethyl adjacent to an activating group) is 1. The summed E-state index contributed by atoms with van der Waals surface area (Å²) < 4.78 is 0. The molecule has 1 aliphatic heterocycles. The van der Waals surface area contributed by atoms with Crippen LogP contribution in [0.1, 0.15) is 19.8 Å². The van der Waals surface area contributed by atoms with E-state index in [0.29, 0.717) is 13.1 Å². The molecule has 0 aromatic rings. The predicted octanol–water partition coefficient (Wildman–Crippen LogP) is 0.918. The molecule has 0 radical (unpaired) electrons. The van der Waals surface area contributed by atoms with E-state index in [1.165, 1.54) is 4.90 Å². The minimum Gasteiger partial charge on any atom is -0.356 e. The molecular weight excluding hydrogens is 457 g/mol. The van der Waals surface area contributed by atoms with Gasteiger partial charge >= 0.3 is 0 Å². The first kappa shape index (κ1) is 22.1. The van der Waals surface area contributed by atoms with Gasteiger partial charge < -0.3 is 15.5 Å². The number of allylic oxidation sites excluding steroid dienone is 2. The van der Waals surface area contributed by atoms with Gasteiger partial charge in [-0.15, -0.1) is 24.0 Å². The Balaban J connectivity index is 0.00000261. The second-order valence-corrected chi connectivity index (χ2v) is 7.50. The van der Waals surface area contributed by atoms with Crippen molar-refractivity contribution in [2.24, 2.45) is 28.7 Å². The maximum Gasteiger partial charge on any atom is 0.233 e. The normalized spacial score (nSPS) is 28.7. The first-order valence-corrected chi connectivity index (χ1v) is 9.73. The second-order valence-electron chi connectivity index (χ2n) is 7.50. The molecule has 2 fully saturated rings. The molecule has 152 valence electrons. The zero-order valence-electron chi connectivity index (χ0n) is 16.5. The third kappa shape index (κ3) is 4.64. The first-order chi connectivity index (χ1) is 12.6. The third-order valence-electron chi connectivity index (χ3n) is 5.96. The largest absolute Gasteiger partial charge is 0.356 e. The molecule has 2 amide bonds. The summed E-state index contributed by atoms with van der Waals surface area (Å²) in [5.41, 5.74) is 0. The summed E-state index contributed by atoms with van der Waals surface area (Å²) in [6.07, 6.45) is 5.98. The van der Waals surface area contributed by atoms with E-state index in [1.54, 1.807) is 7.05 Å². The number of aliphatic imine (C=N–C) groups is 1. The molecule has 1 saturated carbocycles. The fourth-order valence-electron chi connectivity index (χ4n) is 4.37. The average molecular weight is 489 g/mol. The van der Waals surface area contributed by atoms with E-state index in [1.807, 2.05) is 0 Å². The lowest BCUT2D eigenvalue weighted by atomic mass is 9.85. The van der Waals surface area contributed by atoms with Crippen LogP contribution < -0.4 is 10.6 Å². The van der Waals surface area contributed by atoms with Crippen molar-refractivity contribution in [3.05, 3.63) is 12.2 Å². The van der Waals surface area contributed by atoms with Crippen molar-refractivity contribution in [1.29, 1.82) is 0 Å². The maximum absolute atomic E-state index is 12.6. The van der Waals surface area contributed by atoms with Crippen LogP contribution in [-0.4, -0.2) is 74.4 Å². The highest BCUT2D eigenvalue weighted by atomic mass is 127. The number of nitrogens with zero attached hydrogens (tertiary/aromatic N) is 3. The summed E-state index contributed by atoms with van der Waals surface area (Å²) in [5, 5.41) is 6.53. The highest BCUT2D eigenvalue weighted by Gasteiger charge is 2.58. The Hall–Kier alpha value is -1.16. The van der Waals surface area contributed by atoms with Gasteiger partial charge in [-0.1, -0.05) is 19.1 Å². The van der Waals surface area contributed by atoms with Crippen LogP contribution in [0.2, 0.25) is 0 Å². The molecule has 1 saturated heterocycles. The number of likely N-dealkylation sites (tertiary alicyclic amines) is 1. The molecule has 0 aromatic carbocycles. The Labute approximate surface area is 179 Å². The molecular formula is C19H32IN5O2. The SMILES string of the molecule is CCN(C)CCNC(=NC)NCCCN1C(=O)C2C3C=CC(C3)C2C1=O.I. The lowest BCUT2D eigenvalue weighted by molar-refractivity contribution is -0.140. The fourth-order valence-corrected chi connectivity index (χ4v) is 4.37. The standard InChI is InChI=1S/C19H31N5O2.HI/c1-4-23(3)11-9-22-19(20-2)21-8-5-10-24-17(25)15-13-6-7-14(12-13)16(15)18(24)26;/h6-7,13-16H,4-5,8-12H2,1-3H3,(H2,20,21,22);1H. The molecule has 4 atom stereocenters. The van der Waals surface area contributed by atoms with Crippen molar-refractivity contribution < 1.29 is 9.59 Å². The van der Waals surface area contributed by atoms with Gasteiger partial charge in [0.1, 0.15) is 0 Å². The number of guanidine groups is 1. The number of hydrogen-bond acceptors (Lipinski definition) is 4. The molecule has 1 heterocycles. The van der Waals surface area contributed by atoms with Gasteiger partial charge in [-0.05, 0) is 38.3 Å². The van der Waals surface area contributed by atoms with E-state index in [0.717, 1.165) is 38.4 Å². The van der Waals surface area contributed by atoms with Crippen LogP contribution in [0.5, 0.6) is 0 Å². The second kappa shape index (κ2) is 9.86. The fraction of sp³-hybridized carbons (Fsp3) is 0.737. The van der Waals surface area contributed by atoms with E-state index in [9.17, 15) is 9.59 Å². The van der Waals surface area contributed by atoms with Gasteiger partial charge in [0.15, 0.2) is 5.96 Å². The molecule has 3 rings (SSSR count). The number of amides is 2. The topological polar surface area (TPSA) is 77.0 Å². The summed E-state index contributed by atoms with van der Waals surface area (Å²) in [4.78, 5) is 33.2. The van der Waals surface area contributed by atoms with Gasteiger partial charge in [0.05, 0.1) is 11.8 Å².